The summed E-state index contributed by atoms with van der Waals surface area (Å²) in [6.45, 7) is 0.0463. The predicted octanol–water partition coefficient (Wildman–Crippen LogP) is 11.0. The van der Waals surface area contributed by atoms with Crippen molar-refractivity contribution in [3.8, 4) is 22.3 Å². The number of hydrogen-bond acceptors (Lipinski definition) is 3. The van der Waals surface area contributed by atoms with Crippen LogP contribution in [0.1, 0.15) is 0 Å². The predicted molar refractivity (Wildman–Crippen MR) is 219 cm³/mol. The van der Waals surface area contributed by atoms with Crippen LogP contribution in [0.4, 0.5) is 34.1 Å². The molecule has 9 aromatic rings. The smallest absolute Gasteiger partial charge is 0.252 e. The second-order valence-corrected chi connectivity index (χ2v) is 13.7. The van der Waals surface area contributed by atoms with Crippen LogP contribution >= 0.6 is 0 Å². The maximum absolute atomic E-state index is 6.12. The van der Waals surface area contributed by atoms with Crippen molar-refractivity contribution in [3.63, 3.8) is 0 Å². The summed E-state index contributed by atoms with van der Waals surface area (Å²) in [6, 6.07) is 68.0. The molecule has 0 aliphatic carbocycles. The van der Waals surface area contributed by atoms with E-state index in [4.69, 9.17) is 4.42 Å². The van der Waals surface area contributed by atoms with Crippen molar-refractivity contribution in [1.82, 2.24) is 0 Å². The van der Waals surface area contributed by atoms with E-state index in [-0.39, 0.29) is 6.71 Å². The Morgan fingerprint density at radius 1 is 0.365 bits per heavy atom. The molecule has 0 fully saturated rings. The van der Waals surface area contributed by atoms with Crippen LogP contribution in [0.2, 0.25) is 0 Å². The second kappa shape index (κ2) is 11.4. The lowest BCUT2D eigenvalue weighted by Crippen LogP contribution is -2.61. The highest BCUT2D eigenvalue weighted by atomic mass is 16.3. The van der Waals surface area contributed by atoms with Crippen LogP contribution < -0.4 is 26.2 Å². The Kier molecular flexibility index (Phi) is 6.35. The summed E-state index contributed by atoms with van der Waals surface area (Å²) in [6.07, 6.45) is 0. The van der Waals surface area contributed by atoms with Crippen molar-refractivity contribution < 1.29 is 4.42 Å². The minimum Gasteiger partial charge on any atom is -0.456 e. The molecule has 0 saturated carbocycles. The summed E-state index contributed by atoms with van der Waals surface area (Å²) in [5, 5.41) is 2.29. The molecule has 0 amide bonds. The molecule has 4 heteroatoms. The monoisotopic (exact) mass is 662 g/mol. The Morgan fingerprint density at radius 3 is 1.65 bits per heavy atom. The molecule has 11 rings (SSSR count). The fourth-order valence-electron chi connectivity index (χ4n) is 8.64. The standard InChI is InChI=1S/C48H31BN2O/c1-3-13-35(14-4-1)50-41-20-9-8-19-40(41)49-47-37(18-11-21-42(47)51(36-15-5-2-6-16-36)44-23-12-22-43(50)48(44)49)33-27-25-32(26-28-33)34-29-30-46-39(31-34)38-17-7-10-24-45(38)52-46/h1-31H. The molecule has 52 heavy (non-hydrogen) atoms. The maximum atomic E-state index is 6.12. The molecule has 0 saturated heterocycles. The molecule has 3 heterocycles. The Hall–Kier alpha value is -6.78. The fraction of sp³-hybridized carbons (Fsp3) is 0. The molecule has 242 valence electrons. The zero-order valence-electron chi connectivity index (χ0n) is 28.3. The van der Waals surface area contributed by atoms with Crippen LogP contribution in [0, 0.1) is 0 Å². The Morgan fingerprint density at radius 2 is 0.904 bits per heavy atom. The number of rotatable bonds is 4. The lowest BCUT2D eigenvalue weighted by molar-refractivity contribution is 0.669. The second-order valence-electron chi connectivity index (χ2n) is 13.7. The van der Waals surface area contributed by atoms with E-state index in [1.54, 1.807) is 0 Å². The van der Waals surface area contributed by atoms with E-state index in [0.717, 1.165) is 33.3 Å². The maximum Gasteiger partial charge on any atom is 0.252 e. The van der Waals surface area contributed by atoms with Crippen LogP contribution in [0.15, 0.2) is 192 Å². The van der Waals surface area contributed by atoms with E-state index < -0.39 is 0 Å². The number of para-hydroxylation sites is 4. The third kappa shape index (κ3) is 4.28. The van der Waals surface area contributed by atoms with Gasteiger partial charge in [0, 0.05) is 44.9 Å². The van der Waals surface area contributed by atoms with Gasteiger partial charge >= 0.3 is 0 Å². The summed E-state index contributed by atoms with van der Waals surface area (Å²) in [7, 11) is 0. The van der Waals surface area contributed by atoms with Gasteiger partial charge in [-0.2, -0.15) is 0 Å². The molecule has 0 N–H and O–H groups in total. The molecule has 2 aliphatic heterocycles. The summed E-state index contributed by atoms with van der Waals surface area (Å²) in [5.74, 6) is 0. The molecular weight excluding hydrogens is 631 g/mol. The normalized spacial score (nSPS) is 12.9. The van der Waals surface area contributed by atoms with E-state index in [0.29, 0.717) is 0 Å². The van der Waals surface area contributed by atoms with Crippen LogP contribution in [-0.4, -0.2) is 6.71 Å². The summed E-state index contributed by atoms with van der Waals surface area (Å²) < 4.78 is 6.12. The van der Waals surface area contributed by atoms with Gasteiger partial charge in [0.1, 0.15) is 11.2 Å². The highest BCUT2D eigenvalue weighted by Gasteiger charge is 2.44. The van der Waals surface area contributed by atoms with E-state index in [1.165, 1.54) is 61.4 Å². The Labute approximate surface area is 302 Å². The van der Waals surface area contributed by atoms with E-state index in [9.17, 15) is 0 Å². The number of hydrogen-bond donors (Lipinski definition) is 0. The fourth-order valence-corrected chi connectivity index (χ4v) is 8.64. The van der Waals surface area contributed by atoms with Crippen molar-refractivity contribution in [2.24, 2.45) is 0 Å². The minimum absolute atomic E-state index is 0.0463. The van der Waals surface area contributed by atoms with Crippen LogP contribution in [0.25, 0.3) is 44.2 Å². The minimum atomic E-state index is 0.0463. The largest absolute Gasteiger partial charge is 0.456 e. The van der Waals surface area contributed by atoms with Crippen molar-refractivity contribution >= 4 is 79.2 Å². The van der Waals surface area contributed by atoms with Crippen LogP contribution in [0.3, 0.4) is 0 Å². The van der Waals surface area contributed by atoms with Crippen molar-refractivity contribution in [2.75, 3.05) is 9.80 Å². The summed E-state index contributed by atoms with van der Waals surface area (Å²) >= 11 is 0. The van der Waals surface area contributed by atoms with Gasteiger partial charge in [-0.05, 0) is 105 Å². The van der Waals surface area contributed by atoms with Gasteiger partial charge in [-0.1, -0.05) is 121 Å². The quantitative estimate of drug-likeness (QED) is 0.175. The number of anilines is 6. The van der Waals surface area contributed by atoms with E-state index >= 15 is 0 Å². The number of furan rings is 1. The van der Waals surface area contributed by atoms with Gasteiger partial charge in [-0.15, -0.1) is 0 Å². The van der Waals surface area contributed by atoms with Crippen molar-refractivity contribution in [3.05, 3.63) is 188 Å². The zero-order valence-corrected chi connectivity index (χ0v) is 28.3. The zero-order chi connectivity index (χ0) is 34.2. The molecule has 0 atom stereocenters. The summed E-state index contributed by atoms with van der Waals surface area (Å²) in [5.41, 5.74) is 17.8. The molecule has 0 spiro atoms. The molecule has 2 aliphatic rings. The molecule has 0 bridgehead atoms. The number of nitrogens with zero attached hydrogens (tertiary/aromatic N) is 2. The Balaban J connectivity index is 1.11. The van der Waals surface area contributed by atoms with Gasteiger partial charge in [0.2, 0.25) is 0 Å². The van der Waals surface area contributed by atoms with E-state index in [2.05, 4.69) is 186 Å². The first-order chi connectivity index (χ1) is 25.8. The first-order valence-corrected chi connectivity index (χ1v) is 17.9. The van der Waals surface area contributed by atoms with Gasteiger partial charge in [0.05, 0.1) is 0 Å². The van der Waals surface area contributed by atoms with Crippen molar-refractivity contribution in [1.29, 1.82) is 0 Å². The molecule has 0 radical (unpaired) electrons. The molecule has 0 unspecified atom stereocenters. The average Bonchev–Trinajstić information content (AvgIpc) is 3.59. The van der Waals surface area contributed by atoms with Gasteiger partial charge in [-0.3, -0.25) is 0 Å². The highest BCUT2D eigenvalue weighted by molar-refractivity contribution is 7.01. The van der Waals surface area contributed by atoms with E-state index in [1.807, 2.05) is 12.1 Å². The number of benzene rings is 8. The van der Waals surface area contributed by atoms with Gasteiger partial charge in [0.25, 0.3) is 6.71 Å². The first kappa shape index (κ1) is 29.0. The third-order valence-corrected chi connectivity index (χ3v) is 10.9. The van der Waals surface area contributed by atoms with Gasteiger partial charge in [0.15, 0.2) is 0 Å². The van der Waals surface area contributed by atoms with Crippen molar-refractivity contribution in [2.45, 2.75) is 0 Å². The lowest BCUT2D eigenvalue weighted by atomic mass is 9.32. The molecule has 3 nitrogen and oxygen atoms in total. The van der Waals surface area contributed by atoms with Crippen LogP contribution in [0.5, 0.6) is 0 Å². The molecule has 1 aromatic heterocycles. The van der Waals surface area contributed by atoms with Crippen LogP contribution in [-0.2, 0) is 0 Å². The first-order valence-electron chi connectivity index (χ1n) is 17.9. The van der Waals surface area contributed by atoms with Gasteiger partial charge in [-0.25, -0.2) is 0 Å². The highest BCUT2D eigenvalue weighted by Crippen LogP contribution is 2.45. The average molecular weight is 663 g/mol. The molecule has 8 aromatic carbocycles. The lowest BCUT2D eigenvalue weighted by Gasteiger charge is -2.44. The number of fused-ring (bicyclic) bond motifs is 7. The topological polar surface area (TPSA) is 19.6 Å². The third-order valence-electron chi connectivity index (χ3n) is 10.9. The molecular formula is C48H31BN2O. The van der Waals surface area contributed by atoms with Gasteiger partial charge < -0.3 is 14.2 Å². The summed E-state index contributed by atoms with van der Waals surface area (Å²) in [4.78, 5) is 4.90. The SMILES string of the molecule is c1ccc(N2c3ccccc3B3c4c(-c5ccc(-c6ccc7oc8ccccc8c7c6)cc5)cccc4N(c4ccccc4)c4cccc2c43)cc1. The Bertz CT molecular complexity index is 2790.